The second kappa shape index (κ2) is 6.14. The van der Waals surface area contributed by atoms with Crippen LogP contribution in [0.4, 0.5) is 0 Å². The van der Waals surface area contributed by atoms with Crippen LogP contribution in [0.1, 0.15) is 11.7 Å². The summed E-state index contributed by atoms with van der Waals surface area (Å²) < 4.78 is 31.1. The molecule has 0 aliphatic carbocycles. The van der Waals surface area contributed by atoms with E-state index in [1.807, 2.05) is 0 Å². The van der Waals surface area contributed by atoms with Gasteiger partial charge in [-0.15, -0.1) is 0 Å². The molecule has 1 rings (SSSR count). The quantitative estimate of drug-likeness (QED) is 0.772. The molecule has 0 aliphatic rings. The van der Waals surface area contributed by atoms with Gasteiger partial charge in [0.1, 0.15) is 5.75 Å². The SMILES string of the molecule is CNS(=O)(=O)N(C)CC(O)c1ccc(OC)cc1. The van der Waals surface area contributed by atoms with Gasteiger partial charge in [0.05, 0.1) is 13.2 Å². The zero-order valence-corrected chi connectivity index (χ0v) is 11.4. The Labute approximate surface area is 107 Å². The standard InChI is InChI=1S/C11H18N2O4S/c1-12-18(15,16)13(2)8-11(14)9-4-6-10(17-3)7-5-9/h4-7,11-12,14H,8H2,1-3H3. The Kier molecular flexibility index (Phi) is 5.09. The van der Waals surface area contributed by atoms with E-state index < -0.39 is 16.3 Å². The molecular formula is C11H18N2O4S. The van der Waals surface area contributed by atoms with Crippen LogP contribution in [0.2, 0.25) is 0 Å². The molecule has 0 saturated heterocycles. The summed E-state index contributed by atoms with van der Waals surface area (Å²) in [5, 5.41) is 9.94. The third-order valence-electron chi connectivity index (χ3n) is 2.60. The molecule has 2 N–H and O–H groups in total. The van der Waals surface area contributed by atoms with Gasteiger partial charge in [0.15, 0.2) is 0 Å². The lowest BCUT2D eigenvalue weighted by atomic mass is 10.1. The van der Waals surface area contributed by atoms with E-state index in [4.69, 9.17) is 4.74 Å². The first kappa shape index (κ1) is 14.9. The summed E-state index contributed by atoms with van der Waals surface area (Å²) in [5.74, 6) is 0.683. The van der Waals surface area contributed by atoms with Crippen molar-refractivity contribution in [1.82, 2.24) is 9.03 Å². The minimum atomic E-state index is -3.52. The van der Waals surface area contributed by atoms with E-state index in [9.17, 15) is 13.5 Å². The summed E-state index contributed by atoms with van der Waals surface area (Å²) in [6.07, 6.45) is -0.885. The molecule has 18 heavy (non-hydrogen) atoms. The topological polar surface area (TPSA) is 78.9 Å². The van der Waals surface area contributed by atoms with Gasteiger partial charge in [-0.25, -0.2) is 4.72 Å². The molecule has 0 spiro atoms. The second-order valence-corrected chi connectivity index (χ2v) is 5.76. The van der Waals surface area contributed by atoms with Gasteiger partial charge in [-0.1, -0.05) is 12.1 Å². The van der Waals surface area contributed by atoms with E-state index >= 15 is 0 Å². The average Bonchev–Trinajstić information content (AvgIpc) is 2.38. The zero-order valence-electron chi connectivity index (χ0n) is 10.6. The van der Waals surface area contributed by atoms with Crippen molar-refractivity contribution in [3.63, 3.8) is 0 Å². The van der Waals surface area contributed by atoms with E-state index in [0.29, 0.717) is 11.3 Å². The molecule has 1 atom stereocenters. The second-order valence-electron chi connectivity index (χ2n) is 3.78. The van der Waals surface area contributed by atoms with Gasteiger partial charge in [0.2, 0.25) is 0 Å². The highest BCUT2D eigenvalue weighted by atomic mass is 32.2. The highest BCUT2D eigenvalue weighted by Gasteiger charge is 2.19. The Morgan fingerprint density at radius 2 is 1.94 bits per heavy atom. The number of nitrogens with one attached hydrogen (secondary N) is 1. The maximum atomic E-state index is 11.5. The van der Waals surface area contributed by atoms with Crippen molar-refractivity contribution in [3.8, 4) is 5.75 Å². The predicted molar refractivity (Wildman–Crippen MR) is 68.6 cm³/mol. The van der Waals surface area contributed by atoms with Crippen LogP contribution in [0, 0.1) is 0 Å². The van der Waals surface area contributed by atoms with E-state index in [0.717, 1.165) is 4.31 Å². The Bertz CT molecular complexity index is 472. The number of likely N-dealkylation sites (N-methyl/N-ethyl adjacent to an activating group) is 1. The van der Waals surface area contributed by atoms with Crippen molar-refractivity contribution in [2.75, 3.05) is 27.7 Å². The number of aliphatic hydroxyl groups is 1. The fraction of sp³-hybridized carbons (Fsp3) is 0.455. The number of ether oxygens (including phenoxy) is 1. The summed E-state index contributed by atoms with van der Waals surface area (Å²) >= 11 is 0. The minimum Gasteiger partial charge on any atom is -0.497 e. The Morgan fingerprint density at radius 3 is 2.39 bits per heavy atom. The molecular weight excluding hydrogens is 256 g/mol. The highest BCUT2D eigenvalue weighted by molar-refractivity contribution is 7.87. The van der Waals surface area contributed by atoms with Gasteiger partial charge in [-0.2, -0.15) is 12.7 Å². The normalized spacial score (nSPS) is 13.6. The monoisotopic (exact) mass is 274 g/mol. The van der Waals surface area contributed by atoms with Crippen molar-refractivity contribution in [2.24, 2.45) is 0 Å². The molecule has 1 aromatic carbocycles. The fourth-order valence-corrected chi connectivity index (χ4v) is 2.08. The fourth-order valence-electron chi connectivity index (χ4n) is 1.43. The van der Waals surface area contributed by atoms with Crippen molar-refractivity contribution in [1.29, 1.82) is 0 Å². The molecule has 0 aliphatic heterocycles. The molecule has 1 unspecified atom stereocenters. The van der Waals surface area contributed by atoms with Crippen LogP contribution in [-0.4, -0.2) is 45.6 Å². The Morgan fingerprint density at radius 1 is 1.39 bits per heavy atom. The number of aliphatic hydroxyl groups excluding tert-OH is 1. The van der Waals surface area contributed by atoms with Crippen molar-refractivity contribution >= 4 is 10.2 Å². The largest absolute Gasteiger partial charge is 0.497 e. The van der Waals surface area contributed by atoms with Crippen LogP contribution in [0.15, 0.2) is 24.3 Å². The van der Waals surface area contributed by atoms with Gasteiger partial charge < -0.3 is 9.84 Å². The van der Waals surface area contributed by atoms with Gasteiger partial charge in [0.25, 0.3) is 10.2 Å². The first-order valence-electron chi connectivity index (χ1n) is 5.37. The maximum absolute atomic E-state index is 11.5. The molecule has 7 heteroatoms. The molecule has 0 bridgehead atoms. The lowest BCUT2D eigenvalue weighted by Gasteiger charge is -2.20. The molecule has 0 fully saturated rings. The smallest absolute Gasteiger partial charge is 0.279 e. The Hall–Kier alpha value is -1.15. The van der Waals surface area contributed by atoms with Crippen LogP contribution in [0.5, 0.6) is 5.75 Å². The van der Waals surface area contributed by atoms with Crippen molar-refractivity contribution < 1.29 is 18.3 Å². The van der Waals surface area contributed by atoms with Crippen molar-refractivity contribution in [2.45, 2.75) is 6.10 Å². The summed E-state index contributed by atoms with van der Waals surface area (Å²) in [4.78, 5) is 0. The van der Waals surface area contributed by atoms with Gasteiger partial charge in [0, 0.05) is 20.6 Å². The summed E-state index contributed by atoms with van der Waals surface area (Å²) in [6, 6.07) is 6.82. The van der Waals surface area contributed by atoms with E-state index in [-0.39, 0.29) is 6.54 Å². The summed E-state index contributed by atoms with van der Waals surface area (Å²) in [5.41, 5.74) is 0.633. The number of hydrogen-bond donors (Lipinski definition) is 2. The number of rotatable bonds is 6. The molecule has 0 heterocycles. The highest BCUT2D eigenvalue weighted by Crippen LogP contribution is 2.18. The number of methoxy groups -OCH3 is 1. The van der Waals surface area contributed by atoms with Crippen molar-refractivity contribution in [3.05, 3.63) is 29.8 Å². The van der Waals surface area contributed by atoms with E-state index in [1.165, 1.54) is 14.1 Å². The van der Waals surface area contributed by atoms with Gasteiger partial charge >= 0.3 is 0 Å². The lowest BCUT2D eigenvalue weighted by Crippen LogP contribution is -2.38. The van der Waals surface area contributed by atoms with Crippen LogP contribution >= 0.6 is 0 Å². The lowest BCUT2D eigenvalue weighted by molar-refractivity contribution is 0.154. The number of benzene rings is 1. The number of hydrogen-bond acceptors (Lipinski definition) is 4. The van der Waals surface area contributed by atoms with Crippen LogP contribution in [-0.2, 0) is 10.2 Å². The van der Waals surface area contributed by atoms with E-state index in [1.54, 1.807) is 31.4 Å². The molecule has 0 saturated carbocycles. The summed E-state index contributed by atoms with van der Waals surface area (Å²) in [7, 11) is 0.765. The predicted octanol–water partition coefficient (Wildman–Crippen LogP) is 0.125. The minimum absolute atomic E-state index is 0.0184. The molecule has 1 aromatic rings. The molecule has 0 radical (unpaired) electrons. The molecule has 102 valence electrons. The zero-order chi connectivity index (χ0) is 13.8. The summed E-state index contributed by atoms with van der Waals surface area (Å²) in [6.45, 7) is -0.0184. The molecule has 0 aromatic heterocycles. The van der Waals surface area contributed by atoms with Gasteiger partial charge in [-0.05, 0) is 17.7 Å². The Balaban J connectivity index is 2.73. The third kappa shape index (κ3) is 3.67. The molecule has 0 amide bonds. The van der Waals surface area contributed by atoms with Crippen LogP contribution in [0.25, 0.3) is 0 Å². The van der Waals surface area contributed by atoms with Crippen LogP contribution in [0.3, 0.4) is 0 Å². The van der Waals surface area contributed by atoms with Gasteiger partial charge in [-0.3, -0.25) is 0 Å². The number of nitrogens with zero attached hydrogens (tertiary/aromatic N) is 1. The first-order chi connectivity index (χ1) is 8.40. The maximum Gasteiger partial charge on any atom is 0.279 e. The average molecular weight is 274 g/mol. The van der Waals surface area contributed by atoms with Crippen LogP contribution < -0.4 is 9.46 Å². The molecule has 6 nitrogen and oxygen atoms in total. The van der Waals surface area contributed by atoms with E-state index in [2.05, 4.69) is 4.72 Å². The third-order valence-corrected chi connectivity index (χ3v) is 4.08. The first-order valence-corrected chi connectivity index (χ1v) is 6.81.